The van der Waals surface area contributed by atoms with E-state index in [2.05, 4.69) is 5.32 Å². The average molecular weight is 157 g/mol. The number of aliphatic hydroxyl groups excluding tert-OH is 1. The van der Waals surface area contributed by atoms with Gasteiger partial charge in [-0.05, 0) is 44.7 Å². The van der Waals surface area contributed by atoms with Gasteiger partial charge in [0, 0.05) is 0 Å². The van der Waals surface area contributed by atoms with Gasteiger partial charge < -0.3 is 10.4 Å². The van der Waals surface area contributed by atoms with Crippen molar-refractivity contribution in [1.82, 2.24) is 5.32 Å². The maximum absolute atomic E-state index is 9.20. The molecular formula is C9H19NO. The maximum Gasteiger partial charge on any atom is 0.0549 e. The van der Waals surface area contributed by atoms with Gasteiger partial charge in [-0.1, -0.05) is 6.92 Å². The summed E-state index contributed by atoms with van der Waals surface area (Å²) in [6, 6.07) is 0. The highest BCUT2D eigenvalue weighted by molar-refractivity contribution is 4.75. The Morgan fingerprint density at radius 3 is 2.82 bits per heavy atom. The van der Waals surface area contributed by atoms with Crippen molar-refractivity contribution >= 4 is 0 Å². The van der Waals surface area contributed by atoms with Gasteiger partial charge in [-0.15, -0.1) is 0 Å². The standard InChI is InChI=1S/C9H19NO/c1-2-9(11)5-6-10-7-8-3-4-8/h8-11H,2-7H2,1H3. The van der Waals surface area contributed by atoms with Crippen molar-refractivity contribution in [3.8, 4) is 0 Å². The zero-order chi connectivity index (χ0) is 8.10. The van der Waals surface area contributed by atoms with Gasteiger partial charge in [-0.3, -0.25) is 0 Å². The van der Waals surface area contributed by atoms with E-state index in [1.165, 1.54) is 12.8 Å². The van der Waals surface area contributed by atoms with Gasteiger partial charge in [0.25, 0.3) is 0 Å². The Morgan fingerprint density at radius 1 is 1.55 bits per heavy atom. The predicted octanol–water partition coefficient (Wildman–Crippen LogP) is 1.15. The minimum absolute atomic E-state index is 0.0956. The summed E-state index contributed by atoms with van der Waals surface area (Å²) >= 11 is 0. The second-order valence-electron chi connectivity index (χ2n) is 3.50. The summed E-state index contributed by atoms with van der Waals surface area (Å²) in [6.45, 7) is 4.16. The van der Waals surface area contributed by atoms with Gasteiger partial charge in [0.1, 0.15) is 0 Å². The van der Waals surface area contributed by atoms with Crippen molar-refractivity contribution in [2.45, 2.75) is 38.7 Å². The van der Waals surface area contributed by atoms with E-state index in [0.717, 1.165) is 31.8 Å². The Kier molecular flexibility index (Phi) is 3.87. The molecule has 11 heavy (non-hydrogen) atoms. The second kappa shape index (κ2) is 4.73. The second-order valence-corrected chi connectivity index (χ2v) is 3.50. The summed E-state index contributed by atoms with van der Waals surface area (Å²) < 4.78 is 0. The van der Waals surface area contributed by atoms with Crippen LogP contribution in [0, 0.1) is 5.92 Å². The monoisotopic (exact) mass is 157 g/mol. The van der Waals surface area contributed by atoms with E-state index in [-0.39, 0.29) is 6.10 Å². The van der Waals surface area contributed by atoms with E-state index < -0.39 is 0 Å². The predicted molar refractivity (Wildman–Crippen MR) is 46.5 cm³/mol. The highest BCUT2D eigenvalue weighted by Crippen LogP contribution is 2.27. The van der Waals surface area contributed by atoms with Crippen LogP contribution in [0.15, 0.2) is 0 Å². The normalized spacial score (nSPS) is 20.2. The first-order valence-electron chi connectivity index (χ1n) is 4.71. The molecule has 1 unspecified atom stereocenters. The van der Waals surface area contributed by atoms with Crippen molar-refractivity contribution < 1.29 is 5.11 Å². The molecule has 0 heterocycles. The molecule has 1 rings (SSSR count). The van der Waals surface area contributed by atoms with Crippen LogP contribution < -0.4 is 5.32 Å². The molecule has 0 aromatic heterocycles. The lowest BCUT2D eigenvalue weighted by Crippen LogP contribution is -2.22. The van der Waals surface area contributed by atoms with Crippen LogP contribution in [0.4, 0.5) is 0 Å². The molecule has 1 aliphatic carbocycles. The van der Waals surface area contributed by atoms with Crippen molar-refractivity contribution in [1.29, 1.82) is 0 Å². The molecule has 0 bridgehead atoms. The molecule has 2 heteroatoms. The smallest absolute Gasteiger partial charge is 0.0549 e. The summed E-state index contributed by atoms with van der Waals surface area (Å²) in [5, 5.41) is 12.6. The lowest BCUT2D eigenvalue weighted by molar-refractivity contribution is 0.160. The SMILES string of the molecule is CCC(O)CCNCC1CC1. The number of hydrogen-bond acceptors (Lipinski definition) is 2. The van der Waals surface area contributed by atoms with Crippen LogP contribution in [0.1, 0.15) is 32.6 Å². The average Bonchev–Trinajstić information content (AvgIpc) is 2.81. The van der Waals surface area contributed by atoms with Crippen molar-refractivity contribution in [2.24, 2.45) is 5.92 Å². The molecule has 1 atom stereocenters. The maximum atomic E-state index is 9.20. The van der Waals surface area contributed by atoms with E-state index in [0.29, 0.717) is 0 Å². The molecule has 2 nitrogen and oxygen atoms in total. The van der Waals surface area contributed by atoms with Crippen molar-refractivity contribution in [3.63, 3.8) is 0 Å². The lowest BCUT2D eigenvalue weighted by Gasteiger charge is -2.07. The molecule has 1 fully saturated rings. The third-order valence-corrected chi connectivity index (χ3v) is 2.26. The number of rotatable bonds is 6. The van der Waals surface area contributed by atoms with Crippen LogP contribution in [0.25, 0.3) is 0 Å². The summed E-state index contributed by atoms with van der Waals surface area (Å²) in [4.78, 5) is 0. The molecule has 0 aromatic carbocycles. The van der Waals surface area contributed by atoms with Crippen molar-refractivity contribution in [2.75, 3.05) is 13.1 Å². The highest BCUT2D eigenvalue weighted by atomic mass is 16.3. The molecule has 0 saturated heterocycles. The van der Waals surface area contributed by atoms with Crippen LogP contribution in [0.3, 0.4) is 0 Å². The van der Waals surface area contributed by atoms with Crippen LogP contribution in [-0.4, -0.2) is 24.3 Å². The lowest BCUT2D eigenvalue weighted by atomic mass is 10.2. The molecule has 0 aromatic rings. The zero-order valence-electron chi connectivity index (χ0n) is 7.34. The number of hydrogen-bond donors (Lipinski definition) is 2. The van der Waals surface area contributed by atoms with Crippen LogP contribution >= 0.6 is 0 Å². The molecule has 1 aliphatic rings. The molecule has 1 saturated carbocycles. The number of aliphatic hydroxyl groups is 1. The van der Waals surface area contributed by atoms with Gasteiger partial charge in [-0.25, -0.2) is 0 Å². The summed E-state index contributed by atoms with van der Waals surface area (Å²) in [5.41, 5.74) is 0. The van der Waals surface area contributed by atoms with Gasteiger partial charge in [0.2, 0.25) is 0 Å². The summed E-state index contributed by atoms with van der Waals surface area (Å²) in [7, 11) is 0. The quantitative estimate of drug-likeness (QED) is 0.567. The van der Waals surface area contributed by atoms with Gasteiger partial charge >= 0.3 is 0 Å². The minimum atomic E-state index is -0.0956. The van der Waals surface area contributed by atoms with Crippen LogP contribution in [-0.2, 0) is 0 Å². The van der Waals surface area contributed by atoms with E-state index in [9.17, 15) is 5.11 Å². The largest absolute Gasteiger partial charge is 0.393 e. The molecule has 0 amide bonds. The molecule has 0 spiro atoms. The van der Waals surface area contributed by atoms with E-state index in [1.807, 2.05) is 6.92 Å². The summed E-state index contributed by atoms with van der Waals surface area (Å²) in [6.07, 6.45) is 4.50. The third-order valence-electron chi connectivity index (χ3n) is 2.26. The zero-order valence-corrected chi connectivity index (χ0v) is 7.34. The van der Waals surface area contributed by atoms with E-state index in [4.69, 9.17) is 0 Å². The topological polar surface area (TPSA) is 32.3 Å². The minimum Gasteiger partial charge on any atom is -0.393 e. The molecule has 0 radical (unpaired) electrons. The number of nitrogens with one attached hydrogen (secondary N) is 1. The molecular weight excluding hydrogens is 138 g/mol. The Labute approximate surface area is 69.0 Å². The molecule has 2 N–H and O–H groups in total. The van der Waals surface area contributed by atoms with Gasteiger partial charge in [0.05, 0.1) is 6.10 Å². The fourth-order valence-electron chi connectivity index (χ4n) is 1.10. The van der Waals surface area contributed by atoms with Gasteiger partial charge in [-0.2, -0.15) is 0 Å². The Bertz CT molecular complexity index is 102. The molecule has 66 valence electrons. The van der Waals surface area contributed by atoms with E-state index in [1.54, 1.807) is 0 Å². The van der Waals surface area contributed by atoms with Crippen LogP contribution in [0.5, 0.6) is 0 Å². The molecule has 0 aliphatic heterocycles. The first-order valence-corrected chi connectivity index (χ1v) is 4.71. The summed E-state index contributed by atoms with van der Waals surface area (Å²) in [5.74, 6) is 0.953. The fourth-order valence-corrected chi connectivity index (χ4v) is 1.10. The fraction of sp³-hybridized carbons (Fsp3) is 1.00. The van der Waals surface area contributed by atoms with E-state index >= 15 is 0 Å². The first kappa shape index (κ1) is 9.01. The Morgan fingerprint density at radius 2 is 2.27 bits per heavy atom. The third kappa shape index (κ3) is 4.38. The Balaban J connectivity index is 1.79. The van der Waals surface area contributed by atoms with Crippen molar-refractivity contribution in [3.05, 3.63) is 0 Å². The van der Waals surface area contributed by atoms with Gasteiger partial charge in [0.15, 0.2) is 0 Å². The highest BCUT2D eigenvalue weighted by Gasteiger charge is 2.19. The first-order chi connectivity index (χ1) is 5.33. The van der Waals surface area contributed by atoms with Crippen LogP contribution in [0.2, 0.25) is 0 Å². The Hall–Kier alpha value is -0.0800.